The van der Waals surface area contributed by atoms with E-state index in [1.54, 1.807) is 12.1 Å². The second-order valence-electron chi connectivity index (χ2n) is 6.47. The predicted molar refractivity (Wildman–Crippen MR) is 119 cm³/mol. The number of hydrogen-bond donors (Lipinski definition) is 1. The van der Waals surface area contributed by atoms with E-state index in [4.69, 9.17) is 14.3 Å². The Morgan fingerprint density at radius 1 is 1.10 bits per heavy atom. The summed E-state index contributed by atoms with van der Waals surface area (Å²) >= 11 is 1.18. The number of amides is 1. The normalized spacial score (nSPS) is 17.3. The molecule has 0 aromatic heterocycles. The van der Waals surface area contributed by atoms with Gasteiger partial charge in [-0.15, -0.1) is 0 Å². The highest BCUT2D eigenvalue weighted by molar-refractivity contribution is 8.27. The minimum Gasteiger partial charge on any atom is -0.487 e. The number of amidine groups is 2. The molecular weight excluding hydrogens is 440 g/mol. The van der Waals surface area contributed by atoms with Crippen molar-refractivity contribution in [1.29, 1.82) is 5.41 Å². The van der Waals surface area contributed by atoms with Gasteiger partial charge < -0.3 is 8.92 Å². The van der Waals surface area contributed by atoms with Crippen LogP contribution in [0.25, 0.3) is 6.08 Å². The van der Waals surface area contributed by atoms with E-state index < -0.39 is 16.0 Å². The highest BCUT2D eigenvalue weighted by atomic mass is 32.2. The van der Waals surface area contributed by atoms with E-state index in [0.717, 1.165) is 6.26 Å². The zero-order valence-corrected chi connectivity index (χ0v) is 17.8. The first-order chi connectivity index (χ1) is 14.8. The fraction of sp³-hybridized carbons (Fsp3) is 0.100. The van der Waals surface area contributed by atoms with Gasteiger partial charge in [0.05, 0.1) is 11.8 Å². The first-order valence-corrected chi connectivity index (χ1v) is 11.6. The molecule has 0 saturated carbocycles. The number of benzene rings is 2. The topological polar surface area (TPSA) is 121 Å². The summed E-state index contributed by atoms with van der Waals surface area (Å²) in [7, 11) is -3.63. The molecule has 2 aromatic rings. The lowest BCUT2D eigenvalue weighted by Gasteiger charge is -2.20. The maximum absolute atomic E-state index is 12.5. The van der Waals surface area contributed by atoms with Gasteiger partial charge in [0.25, 0.3) is 5.91 Å². The third-order valence-electron chi connectivity index (χ3n) is 4.04. The average molecular weight is 457 g/mol. The summed E-state index contributed by atoms with van der Waals surface area (Å²) in [5.41, 5.74) is 0.645. The number of carbonyl (C=O) groups is 1. The number of rotatable bonds is 6. The molecule has 0 unspecified atom stereocenters. The fourth-order valence-corrected chi connectivity index (χ4v) is 3.97. The molecule has 11 heteroatoms. The van der Waals surface area contributed by atoms with Crippen molar-refractivity contribution in [1.82, 2.24) is 5.01 Å². The number of ether oxygens (including phenoxy) is 1. The van der Waals surface area contributed by atoms with E-state index in [0.29, 0.717) is 21.5 Å². The van der Waals surface area contributed by atoms with Crippen molar-refractivity contribution in [3.8, 4) is 11.5 Å². The van der Waals surface area contributed by atoms with Crippen molar-refractivity contribution in [3.63, 3.8) is 0 Å². The molecule has 1 N–H and O–H groups in total. The zero-order chi connectivity index (χ0) is 22.0. The van der Waals surface area contributed by atoms with Gasteiger partial charge in [-0.1, -0.05) is 30.3 Å². The Labute approximate surface area is 182 Å². The molecule has 0 saturated heterocycles. The smallest absolute Gasteiger partial charge is 0.306 e. The molecule has 0 bridgehead atoms. The number of para-hydroxylation sites is 1. The van der Waals surface area contributed by atoms with E-state index in [2.05, 4.69) is 10.1 Å². The molecule has 0 radical (unpaired) electrons. The summed E-state index contributed by atoms with van der Waals surface area (Å²) in [6, 6.07) is 15.3. The molecule has 0 spiro atoms. The van der Waals surface area contributed by atoms with E-state index in [-0.39, 0.29) is 23.8 Å². The van der Waals surface area contributed by atoms with Crippen LogP contribution in [0.5, 0.6) is 11.5 Å². The molecule has 31 heavy (non-hydrogen) atoms. The SMILES string of the molecule is CS(=O)(=O)Oc1ccc(/C=C2/C(=N)N3N=C(COc4ccccc4)SC3=NC2=O)cc1. The first kappa shape index (κ1) is 20.8. The lowest BCUT2D eigenvalue weighted by Crippen LogP contribution is -2.35. The van der Waals surface area contributed by atoms with Crippen molar-refractivity contribution in [2.75, 3.05) is 12.9 Å². The standard InChI is InChI=1S/C20H16N4O5S2/c1-31(26,27)29-15-9-7-13(8-10-15)11-16-18(21)24-20(22-19(16)25)30-17(23-24)12-28-14-5-3-2-4-6-14/h2-11,21H,12H2,1H3/b16-11-,21-18?. The van der Waals surface area contributed by atoms with Crippen LogP contribution in [-0.2, 0) is 14.9 Å². The number of thioether (sulfide) groups is 1. The maximum Gasteiger partial charge on any atom is 0.306 e. The predicted octanol–water partition coefficient (Wildman–Crippen LogP) is 2.72. The maximum atomic E-state index is 12.5. The minimum absolute atomic E-state index is 0.0649. The lowest BCUT2D eigenvalue weighted by molar-refractivity contribution is -0.114. The Bertz CT molecular complexity index is 1240. The van der Waals surface area contributed by atoms with Crippen LogP contribution in [0.1, 0.15) is 5.56 Å². The summed E-state index contributed by atoms with van der Waals surface area (Å²) in [4.78, 5) is 16.5. The summed E-state index contributed by atoms with van der Waals surface area (Å²) in [6.45, 7) is 0.187. The van der Waals surface area contributed by atoms with Gasteiger partial charge in [-0.3, -0.25) is 10.2 Å². The molecule has 2 aliphatic rings. The Morgan fingerprint density at radius 3 is 2.48 bits per heavy atom. The van der Waals surface area contributed by atoms with Crippen LogP contribution in [0.2, 0.25) is 0 Å². The zero-order valence-electron chi connectivity index (χ0n) is 16.2. The number of aliphatic imine (C=N–C) groups is 1. The molecule has 2 heterocycles. The quantitative estimate of drug-likeness (QED) is 0.524. The highest BCUT2D eigenvalue weighted by Crippen LogP contribution is 2.29. The fourth-order valence-electron chi connectivity index (χ4n) is 2.71. The largest absolute Gasteiger partial charge is 0.487 e. The van der Waals surface area contributed by atoms with Crippen LogP contribution in [0.15, 0.2) is 70.3 Å². The molecular formula is C20H16N4O5S2. The minimum atomic E-state index is -3.63. The van der Waals surface area contributed by atoms with Crippen LogP contribution in [0.4, 0.5) is 0 Å². The van der Waals surface area contributed by atoms with Gasteiger partial charge in [0, 0.05) is 0 Å². The van der Waals surface area contributed by atoms with Crippen molar-refractivity contribution >= 4 is 49.9 Å². The first-order valence-electron chi connectivity index (χ1n) is 8.95. The molecule has 2 aromatic carbocycles. The Morgan fingerprint density at radius 2 is 1.81 bits per heavy atom. The van der Waals surface area contributed by atoms with Crippen LogP contribution >= 0.6 is 11.8 Å². The lowest BCUT2D eigenvalue weighted by atomic mass is 10.1. The van der Waals surface area contributed by atoms with Crippen LogP contribution in [0, 0.1) is 5.41 Å². The van der Waals surface area contributed by atoms with Gasteiger partial charge >= 0.3 is 10.1 Å². The highest BCUT2D eigenvalue weighted by Gasteiger charge is 2.35. The Kier molecular flexibility index (Phi) is 5.61. The summed E-state index contributed by atoms with van der Waals surface area (Å²) in [5.74, 6) is 0.181. The van der Waals surface area contributed by atoms with Gasteiger partial charge in [0.1, 0.15) is 23.1 Å². The Balaban J connectivity index is 1.50. The molecule has 0 atom stereocenters. The van der Waals surface area contributed by atoms with Gasteiger partial charge in [-0.05, 0) is 47.7 Å². The van der Waals surface area contributed by atoms with Crippen molar-refractivity contribution in [2.24, 2.45) is 10.1 Å². The van der Waals surface area contributed by atoms with E-state index in [1.807, 2.05) is 30.3 Å². The van der Waals surface area contributed by atoms with Crippen LogP contribution in [0.3, 0.4) is 0 Å². The number of nitrogens with zero attached hydrogens (tertiary/aromatic N) is 3. The molecule has 1 amide bonds. The van der Waals surface area contributed by atoms with E-state index in [1.165, 1.54) is 35.0 Å². The van der Waals surface area contributed by atoms with Crippen LogP contribution < -0.4 is 8.92 Å². The monoisotopic (exact) mass is 456 g/mol. The average Bonchev–Trinajstić information content (AvgIpc) is 3.13. The summed E-state index contributed by atoms with van der Waals surface area (Å²) < 4.78 is 32.9. The number of fused-ring (bicyclic) bond motifs is 1. The second kappa shape index (κ2) is 8.36. The molecule has 158 valence electrons. The second-order valence-corrected chi connectivity index (χ2v) is 9.09. The van der Waals surface area contributed by atoms with Gasteiger partial charge in [-0.2, -0.15) is 23.5 Å². The molecule has 0 aliphatic carbocycles. The number of nitrogens with one attached hydrogen (secondary N) is 1. The molecule has 4 rings (SSSR count). The van der Waals surface area contributed by atoms with E-state index in [9.17, 15) is 13.2 Å². The summed E-state index contributed by atoms with van der Waals surface area (Å²) in [5, 5.41) is 14.9. The number of carbonyl (C=O) groups excluding carboxylic acids is 1. The van der Waals surface area contributed by atoms with Crippen molar-refractivity contribution in [3.05, 3.63) is 65.7 Å². The molecule has 0 fully saturated rings. The third kappa shape index (κ3) is 5.01. The van der Waals surface area contributed by atoms with Crippen molar-refractivity contribution < 1.29 is 22.1 Å². The summed E-state index contributed by atoms with van der Waals surface area (Å²) in [6.07, 6.45) is 2.45. The molecule has 9 nitrogen and oxygen atoms in total. The van der Waals surface area contributed by atoms with Crippen LogP contribution in [-0.4, -0.2) is 48.2 Å². The van der Waals surface area contributed by atoms with Gasteiger partial charge in [-0.25, -0.2) is 0 Å². The third-order valence-corrected chi connectivity index (χ3v) is 5.42. The van der Waals surface area contributed by atoms with Gasteiger partial charge in [0.15, 0.2) is 5.84 Å². The van der Waals surface area contributed by atoms with Crippen molar-refractivity contribution in [2.45, 2.75) is 0 Å². The van der Waals surface area contributed by atoms with E-state index >= 15 is 0 Å². The Hall–Kier alpha value is -3.44. The number of hydrazone groups is 1. The number of hydrogen-bond acceptors (Lipinski definition) is 8. The molecule has 2 aliphatic heterocycles. The van der Waals surface area contributed by atoms with Gasteiger partial charge in [0.2, 0.25) is 5.17 Å².